The van der Waals surface area contributed by atoms with E-state index < -0.39 is 29.7 Å². The number of rotatable bonds is 8. The first-order valence-corrected chi connectivity index (χ1v) is 9.95. The number of hydrogen-bond donors (Lipinski definition) is 2. The van der Waals surface area contributed by atoms with Crippen molar-refractivity contribution in [2.24, 2.45) is 5.92 Å². The number of nitrogens with one attached hydrogen (secondary N) is 2. The van der Waals surface area contributed by atoms with Crippen LogP contribution in [0, 0.1) is 5.92 Å². The summed E-state index contributed by atoms with van der Waals surface area (Å²) in [6.07, 6.45) is 1.46. The van der Waals surface area contributed by atoms with Crippen LogP contribution in [0.3, 0.4) is 0 Å². The van der Waals surface area contributed by atoms with E-state index in [1.54, 1.807) is 62.4 Å². The molecule has 30 heavy (non-hydrogen) atoms. The average Bonchev–Trinajstić information content (AvgIpc) is 2.72. The van der Waals surface area contributed by atoms with Crippen LogP contribution in [-0.4, -0.2) is 30.9 Å². The molecule has 0 bridgehead atoms. The van der Waals surface area contributed by atoms with Gasteiger partial charge >= 0.3 is 0 Å². The zero-order valence-corrected chi connectivity index (χ0v) is 18.4. The van der Waals surface area contributed by atoms with Gasteiger partial charge in [0.1, 0.15) is 11.4 Å². The Bertz CT molecular complexity index is 954. The molecule has 0 aliphatic rings. The number of hydrogen-bond acceptors (Lipinski definition) is 5. The fourth-order valence-electron chi connectivity index (χ4n) is 2.62. The molecule has 2 N–H and O–H groups in total. The van der Waals surface area contributed by atoms with E-state index in [1.807, 2.05) is 0 Å². The lowest BCUT2D eigenvalue weighted by Crippen LogP contribution is -2.52. The number of carboxylic acids is 1. The van der Waals surface area contributed by atoms with Crippen LogP contribution in [0.25, 0.3) is 6.08 Å². The van der Waals surface area contributed by atoms with E-state index in [2.05, 4.69) is 26.6 Å². The molecule has 2 aromatic rings. The summed E-state index contributed by atoms with van der Waals surface area (Å²) in [4.78, 5) is 37.0. The lowest BCUT2D eigenvalue weighted by Gasteiger charge is -2.24. The summed E-state index contributed by atoms with van der Waals surface area (Å²) in [5, 5.41) is 16.3. The molecular weight excluding hydrogens is 452 g/mol. The van der Waals surface area contributed by atoms with Gasteiger partial charge < -0.3 is 25.3 Å². The highest BCUT2D eigenvalue weighted by atomic mass is 79.9. The third-order valence-corrected chi connectivity index (χ3v) is 4.76. The largest absolute Gasteiger partial charge is 0.548 e. The molecule has 2 amide bonds. The van der Waals surface area contributed by atoms with Crippen molar-refractivity contribution in [1.29, 1.82) is 0 Å². The number of carbonyl (C=O) groups is 3. The fraction of sp³-hybridized carbons (Fsp3) is 0.227. The molecule has 158 valence electrons. The van der Waals surface area contributed by atoms with Gasteiger partial charge in [0, 0.05) is 4.47 Å². The van der Waals surface area contributed by atoms with E-state index in [9.17, 15) is 19.5 Å². The lowest BCUT2D eigenvalue weighted by atomic mass is 10.0. The van der Waals surface area contributed by atoms with Crippen LogP contribution in [0.1, 0.15) is 29.8 Å². The first-order valence-electron chi connectivity index (χ1n) is 9.16. The summed E-state index contributed by atoms with van der Waals surface area (Å²) < 4.78 is 6.04. The van der Waals surface area contributed by atoms with E-state index >= 15 is 0 Å². The first kappa shape index (κ1) is 23.2. The van der Waals surface area contributed by atoms with E-state index in [0.717, 1.165) is 4.47 Å². The molecule has 7 nitrogen and oxygen atoms in total. The molecule has 0 saturated carbocycles. The fourth-order valence-corrected chi connectivity index (χ4v) is 2.89. The van der Waals surface area contributed by atoms with Crippen molar-refractivity contribution in [3.05, 3.63) is 69.8 Å². The topological polar surface area (TPSA) is 108 Å². The Balaban J connectivity index is 2.38. The monoisotopic (exact) mass is 473 g/mol. The molecule has 8 heteroatoms. The molecule has 0 radical (unpaired) electrons. The highest BCUT2D eigenvalue weighted by Gasteiger charge is 2.22. The second-order valence-electron chi connectivity index (χ2n) is 6.78. The predicted octanol–water partition coefficient (Wildman–Crippen LogP) is 2.12. The highest BCUT2D eigenvalue weighted by Crippen LogP contribution is 2.18. The maximum atomic E-state index is 12.8. The normalized spacial score (nSPS) is 12.2. The van der Waals surface area contributed by atoms with Gasteiger partial charge in [-0.15, -0.1) is 0 Å². The summed E-state index contributed by atoms with van der Waals surface area (Å²) in [5.74, 6) is -2.78. The minimum absolute atomic E-state index is 0.111. The zero-order valence-electron chi connectivity index (χ0n) is 16.8. The molecule has 0 aliphatic heterocycles. The summed E-state index contributed by atoms with van der Waals surface area (Å²) in [7, 11) is 1.44. The summed E-state index contributed by atoms with van der Waals surface area (Å²) in [5.41, 5.74) is 0.758. The number of amides is 2. The summed E-state index contributed by atoms with van der Waals surface area (Å²) >= 11 is 3.34. The van der Waals surface area contributed by atoms with Gasteiger partial charge in [0.25, 0.3) is 11.8 Å². The van der Waals surface area contributed by atoms with Crippen LogP contribution in [0.2, 0.25) is 0 Å². The van der Waals surface area contributed by atoms with Crippen molar-refractivity contribution in [3.63, 3.8) is 0 Å². The van der Waals surface area contributed by atoms with Crippen LogP contribution >= 0.6 is 15.9 Å². The number of ether oxygens (including phenoxy) is 1. The molecule has 0 unspecified atom stereocenters. The van der Waals surface area contributed by atoms with Gasteiger partial charge in [-0.2, -0.15) is 0 Å². The Morgan fingerprint density at radius 2 is 1.70 bits per heavy atom. The number of para-hydroxylation sites is 1. The van der Waals surface area contributed by atoms with Crippen molar-refractivity contribution in [1.82, 2.24) is 10.6 Å². The molecule has 1 atom stereocenters. The highest BCUT2D eigenvalue weighted by molar-refractivity contribution is 9.10. The summed E-state index contributed by atoms with van der Waals surface area (Å²) in [6.45, 7) is 3.29. The predicted molar refractivity (Wildman–Crippen MR) is 114 cm³/mol. The number of benzene rings is 2. The van der Waals surface area contributed by atoms with Crippen molar-refractivity contribution in [2.45, 2.75) is 19.9 Å². The third-order valence-electron chi connectivity index (χ3n) is 4.23. The van der Waals surface area contributed by atoms with Gasteiger partial charge in [-0.05, 0) is 41.8 Å². The minimum Gasteiger partial charge on any atom is -0.548 e. The molecule has 0 fully saturated rings. The zero-order chi connectivity index (χ0) is 22.3. The Kier molecular flexibility index (Phi) is 8.17. The second-order valence-corrected chi connectivity index (χ2v) is 7.69. The van der Waals surface area contributed by atoms with Crippen LogP contribution in [0.5, 0.6) is 5.75 Å². The smallest absolute Gasteiger partial charge is 0.268 e. The van der Waals surface area contributed by atoms with Gasteiger partial charge in [-0.3, -0.25) is 9.59 Å². The number of carbonyl (C=O) groups excluding carboxylic acids is 3. The number of aliphatic carboxylic acids is 1. The van der Waals surface area contributed by atoms with Gasteiger partial charge in [0.2, 0.25) is 0 Å². The second kappa shape index (κ2) is 10.6. The SMILES string of the molecule is COc1ccccc1C(=O)N/C(=C\c1ccc(Br)cc1)C(=O)N[C@@H](C(=O)[O-])C(C)C. The van der Waals surface area contributed by atoms with Crippen molar-refractivity contribution in [2.75, 3.05) is 7.11 Å². The van der Waals surface area contributed by atoms with Gasteiger partial charge in [0.05, 0.1) is 24.7 Å². The van der Waals surface area contributed by atoms with Crippen LogP contribution in [0.4, 0.5) is 0 Å². The van der Waals surface area contributed by atoms with Crippen molar-refractivity contribution < 1.29 is 24.2 Å². The Hall–Kier alpha value is -3.13. The third kappa shape index (κ3) is 6.18. The maximum Gasteiger partial charge on any atom is 0.268 e. The lowest BCUT2D eigenvalue weighted by molar-refractivity contribution is -0.309. The Morgan fingerprint density at radius 3 is 2.27 bits per heavy atom. The molecule has 0 aliphatic carbocycles. The van der Waals surface area contributed by atoms with Gasteiger partial charge in [-0.1, -0.05) is 54.0 Å². The van der Waals surface area contributed by atoms with Gasteiger partial charge in [-0.25, -0.2) is 0 Å². The molecule has 0 aromatic heterocycles. The van der Waals surface area contributed by atoms with Gasteiger partial charge in [0.15, 0.2) is 0 Å². The van der Waals surface area contributed by atoms with Crippen LogP contribution < -0.4 is 20.5 Å². The van der Waals surface area contributed by atoms with E-state index in [-0.39, 0.29) is 11.3 Å². The average molecular weight is 474 g/mol. The van der Waals surface area contributed by atoms with Crippen LogP contribution in [0.15, 0.2) is 58.7 Å². The standard InChI is InChI=1S/C22H23BrN2O5/c1-13(2)19(22(28)29)25-21(27)17(12-14-8-10-15(23)11-9-14)24-20(26)16-6-4-5-7-18(16)30-3/h4-13,19H,1-3H3,(H,24,26)(H,25,27)(H,28,29)/p-1/b17-12-/t19-/m1/s1. The molecular formula is C22H22BrN2O5-. The molecule has 2 aromatic carbocycles. The van der Waals surface area contributed by atoms with Crippen molar-refractivity contribution in [3.8, 4) is 5.75 Å². The number of methoxy groups -OCH3 is 1. The Morgan fingerprint density at radius 1 is 1.07 bits per heavy atom. The van der Waals surface area contributed by atoms with Crippen molar-refractivity contribution >= 4 is 39.8 Å². The molecule has 0 spiro atoms. The van der Waals surface area contributed by atoms with Crippen LogP contribution in [-0.2, 0) is 9.59 Å². The summed E-state index contributed by atoms with van der Waals surface area (Å²) in [6, 6.07) is 12.4. The van der Waals surface area contributed by atoms with E-state index in [0.29, 0.717) is 11.3 Å². The Labute approximate surface area is 183 Å². The molecule has 2 rings (SSSR count). The quantitative estimate of drug-likeness (QED) is 0.570. The minimum atomic E-state index is -1.41. The van der Waals surface area contributed by atoms with E-state index in [4.69, 9.17) is 4.74 Å². The number of halogens is 1. The molecule has 0 heterocycles. The number of carboxylic acid groups (broad SMARTS) is 1. The van der Waals surface area contributed by atoms with E-state index in [1.165, 1.54) is 13.2 Å². The molecule has 0 saturated heterocycles. The first-order chi connectivity index (χ1) is 14.2. The maximum absolute atomic E-state index is 12.8.